The Morgan fingerprint density at radius 3 is 3.00 bits per heavy atom. The van der Waals surface area contributed by atoms with E-state index in [0.717, 1.165) is 20.5 Å². The standard InChI is InChI=1S/C12H12BrNOS/c1-8-10(3-2-4-11(8)13)12(15)5-9-6-14-7-16-9/h2-4,6-7,12,15H,5H2,1H3. The van der Waals surface area contributed by atoms with Crippen LogP contribution in [0, 0.1) is 6.92 Å². The Bertz CT molecular complexity index is 470. The van der Waals surface area contributed by atoms with Crippen LogP contribution in [0.3, 0.4) is 0 Å². The van der Waals surface area contributed by atoms with Crippen LogP contribution < -0.4 is 0 Å². The van der Waals surface area contributed by atoms with Crippen LogP contribution in [0.5, 0.6) is 0 Å². The summed E-state index contributed by atoms with van der Waals surface area (Å²) in [7, 11) is 0. The van der Waals surface area contributed by atoms with Gasteiger partial charge in [0.05, 0.1) is 11.6 Å². The van der Waals surface area contributed by atoms with Gasteiger partial charge in [-0.05, 0) is 24.1 Å². The molecule has 84 valence electrons. The van der Waals surface area contributed by atoms with Crippen LogP contribution in [-0.2, 0) is 6.42 Å². The molecule has 16 heavy (non-hydrogen) atoms. The third-order valence-electron chi connectivity index (χ3n) is 2.55. The summed E-state index contributed by atoms with van der Waals surface area (Å²) in [6.07, 6.45) is 1.97. The number of halogens is 1. The lowest BCUT2D eigenvalue weighted by atomic mass is 10.0. The molecule has 1 atom stereocenters. The van der Waals surface area contributed by atoms with Crippen LogP contribution in [0.4, 0.5) is 0 Å². The van der Waals surface area contributed by atoms with E-state index in [9.17, 15) is 5.11 Å². The van der Waals surface area contributed by atoms with E-state index in [4.69, 9.17) is 0 Å². The zero-order valence-electron chi connectivity index (χ0n) is 8.85. The summed E-state index contributed by atoms with van der Waals surface area (Å²) in [5, 5.41) is 10.2. The predicted octanol–water partition coefficient (Wildman–Crippen LogP) is 3.49. The molecule has 0 fully saturated rings. The van der Waals surface area contributed by atoms with Crippen molar-refractivity contribution in [1.82, 2.24) is 4.98 Å². The maximum absolute atomic E-state index is 10.2. The topological polar surface area (TPSA) is 33.1 Å². The zero-order valence-corrected chi connectivity index (χ0v) is 11.3. The molecule has 1 unspecified atom stereocenters. The SMILES string of the molecule is Cc1c(Br)cccc1C(O)Cc1cncs1. The lowest BCUT2D eigenvalue weighted by Crippen LogP contribution is -2.03. The maximum atomic E-state index is 10.2. The number of aliphatic hydroxyl groups excluding tert-OH is 1. The molecule has 0 spiro atoms. The summed E-state index contributed by atoms with van der Waals surface area (Å²) in [5.41, 5.74) is 3.86. The Morgan fingerprint density at radius 2 is 2.31 bits per heavy atom. The third kappa shape index (κ3) is 2.51. The lowest BCUT2D eigenvalue weighted by Gasteiger charge is -2.13. The molecule has 0 amide bonds. The summed E-state index contributed by atoms with van der Waals surface area (Å²) < 4.78 is 1.04. The molecular formula is C12H12BrNOS. The number of rotatable bonds is 3. The molecule has 0 aliphatic rings. The number of hydrogen-bond acceptors (Lipinski definition) is 3. The Balaban J connectivity index is 2.21. The van der Waals surface area contributed by atoms with E-state index < -0.39 is 6.10 Å². The fourth-order valence-electron chi connectivity index (χ4n) is 1.63. The molecule has 1 aromatic heterocycles. The summed E-state index contributed by atoms with van der Waals surface area (Å²) in [6, 6.07) is 5.90. The third-order valence-corrected chi connectivity index (χ3v) is 4.21. The first-order chi connectivity index (χ1) is 7.68. The minimum absolute atomic E-state index is 0.460. The Morgan fingerprint density at radius 1 is 1.50 bits per heavy atom. The highest BCUT2D eigenvalue weighted by Gasteiger charge is 2.13. The molecule has 0 aliphatic heterocycles. The summed E-state index contributed by atoms with van der Waals surface area (Å²) in [6.45, 7) is 2.01. The van der Waals surface area contributed by atoms with Gasteiger partial charge in [-0.1, -0.05) is 28.1 Å². The fourth-order valence-corrected chi connectivity index (χ4v) is 2.64. The minimum atomic E-state index is -0.460. The first-order valence-electron chi connectivity index (χ1n) is 4.99. The van der Waals surface area contributed by atoms with Crippen molar-refractivity contribution in [3.8, 4) is 0 Å². The van der Waals surface area contributed by atoms with Gasteiger partial charge in [-0.3, -0.25) is 4.98 Å². The van der Waals surface area contributed by atoms with Gasteiger partial charge in [-0.15, -0.1) is 11.3 Å². The minimum Gasteiger partial charge on any atom is -0.388 e. The van der Waals surface area contributed by atoms with Crippen molar-refractivity contribution in [2.24, 2.45) is 0 Å². The Hall–Kier alpha value is -0.710. The second-order valence-corrected chi connectivity index (χ2v) is 5.47. The highest BCUT2D eigenvalue weighted by atomic mass is 79.9. The first kappa shape index (κ1) is 11.8. The van der Waals surface area contributed by atoms with Crippen molar-refractivity contribution in [3.63, 3.8) is 0 Å². The van der Waals surface area contributed by atoms with Crippen LogP contribution in [-0.4, -0.2) is 10.1 Å². The van der Waals surface area contributed by atoms with Gasteiger partial charge in [-0.25, -0.2) is 0 Å². The molecule has 0 saturated carbocycles. The predicted molar refractivity (Wildman–Crippen MR) is 69.7 cm³/mol. The second-order valence-electron chi connectivity index (χ2n) is 3.64. The number of nitrogens with zero attached hydrogens (tertiary/aromatic N) is 1. The number of benzene rings is 1. The molecule has 1 heterocycles. The average Bonchev–Trinajstić information content (AvgIpc) is 2.74. The van der Waals surface area contributed by atoms with Crippen molar-refractivity contribution in [2.45, 2.75) is 19.4 Å². The first-order valence-corrected chi connectivity index (χ1v) is 6.66. The highest BCUT2D eigenvalue weighted by Crippen LogP contribution is 2.27. The molecule has 4 heteroatoms. The Kier molecular flexibility index (Phi) is 3.74. The van der Waals surface area contributed by atoms with E-state index in [-0.39, 0.29) is 0 Å². The molecule has 2 aromatic rings. The number of hydrogen-bond donors (Lipinski definition) is 1. The van der Waals surface area contributed by atoms with E-state index >= 15 is 0 Å². The molecule has 1 aromatic carbocycles. The van der Waals surface area contributed by atoms with Crippen molar-refractivity contribution >= 4 is 27.3 Å². The molecule has 0 bridgehead atoms. The van der Waals surface area contributed by atoms with Crippen molar-refractivity contribution < 1.29 is 5.11 Å². The van der Waals surface area contributed by atoms with E-state index in [0.29, 0.717) is 6.42 Å². The summed E-state index contributed by atoms with van der Waals surface area (Å²) in [5.74, 6) is 0. The van der Waals surface area contributed by atoms with Gasteiger partial charge in [0.25, 0.3) is 0 Å². The Labute approximate surface area is 107 Å². The summed E-state index contributed by atoms with van der Waals surface area (Å²) >= 11 is 5.04. The van der Waals surface area contributed by atoms with Crippen LogP contribution >= 0.6 is 27.3 Å². The number of aromatic nitrogens is 1. The van der Waals surface area contributed by atoms with Gasteiger partial charge in [0.1, 0.15) is 0 Å². The lowest BCUT2D eigenvalue weighted by molar-refractivity contribution is 0.178. The van der Waals surface area contributed by atoms with Crippen LogP contribution in [0.25, 0.3) is 0 Å². The zero-order chi connectivity index (χ0) is 11.5. The van der Waals surface area contributed by atoms with Crippen LogP contribution in [0.1, 0.15) is 22.1 Å². The molecular weight excluding hydrogens is 286 g/mol. The summed E-state index contributed by atoms with van der Waals surface area (Å²) in [4.78, 5) is 5.11. The monoisotopic (exact) mass is 297 g/mol. The van der Waals surface area contributed by atoms with E-state index in [1.165, 1.54) is 0 Å². The van der Waals surface area contributed by atoms with Crippen LogP contribution in [0.2, 0.25) is 0 Å². The van der Waals surface area contributed by atoms with Gasteiger partial charge in [0, 0.05) is 22.0 Å². The smallest absolute Gasteiger partial charge is 0.0841 e. The molecule has 1 N–H and O–H groups in total. The molecule has 2 nitrogen and oxygen atoms in total. The van der Waals surface area contributed by atoms with Gasteiger partial charge >= 0.3 is 0 Å². The van der Waals surface area contributed by atoms with Gasteiger partial charge in [0.2, 0.25) is 0 Å². The average molecular weight is 298 g/mol. The van der Waals surface area contributed by atoms with Gasteiger partial charge < -0.3 is 5.11 Å². The van der Waals surface area contributed by atoms with Crippen molar-refractivity contribution in [3.05, 3.63) is 50.4 Å². The molecule has 0 aliphatic carbocycles. The highest BCUT2D eigenvalue weighted by molar-refractivity contribution is 9.10. The second kappa shape index (κ2) is 5.08. The molecule has 0 radical (unpaired) electrons. The van der Waals surface area contributed by atoms with Gasteiger partial charge in [-0.2, -0.15) is 0 Å². The number of aliphatic hydroxyl groups is 1. The maximum Gasteiger partial charge on any atom is 0.0841 e. The van der Waals surface area contributed by atoms with E-state index in [2.05, 4.69) is 20.9 Å². The normalized spacial score (nSPS) is 12.7. The van der Waals surface area contributed by atoms with Gasteiger partial charge in [0.15, 0.2) is 0 Å². The molecule has 0 saturated heterocycles. The largest absolute Gasteiger partial charge is 0.388 e. The number of thiazole rings is 1. The van der Waals surface area contributed by atoms with Crippen LogP contribution in [0.15, 0.2) is 34.4 Å². The van der Waals surface area contributed by atoms with Crippen molar-refractivity contribution in [1.29, 1.82) is 0 Å². The fraction of sp³-hybridized carbons (Fsp3) is 0.250. The van der Waals surface area contributed by atoms with E-state index in [1.54, 1.807) is 23.0 Å². The quantitative estimate of drug-likeness (QED) is 0.941. The van der Waals surface area contributed by atoms with Crippen molar-refractivity contribution in [2.75, 3.05) is 0 Å². The molecule has 2 rings (SSSR count). The van der Waals surface area contributed by atoms with E-state index in [1.807, 2.05) is 25.1 Å².